The molecule has 88 valence electrons. The minimum absolute atomic E-state index is 0.0769. The number of nitrogens with zero attached hydrogens (tertiary/aromatic N) is 2. The van der Waals surface area contributed by atoms with Crippen LogP contribution in [0.25, 0.3) is 0 Å². The molecule has 2 heterocycles. The molecular weight excluding hydrogens is 218 g/mol. The van der Waals surface area contributed by atoms with E-state index in [9.17, 15) is 0 Å². The van der Waals surface area contributed by atoms with E-state index >= 15 is 0 Å². The molecular formula is C12H19N3S. The van der Waals surface area contributed by atoms with Crippen LogP contribution in [0.15, 0.2) is 18.3 Å². The highest BCUT2D eigenvalue weighted by Crippen LogP contribution is 2.25. The van der Waals surface area contributed by atoms with Gasteiger partial charge in [0.25, 0.3) is 0 Å². The van der Waals surface area contributed by atoms with Gasteiger partial charge < -0.3 is 10.6 Å². The van der Waals surface area contributed by atoms with Gasteiger partial charge in [0.15, 0.2) is 0 Å². The zero-order chi connectivity index (χ0) is 11.5. The van der Waals surface area contributed by atoms with Crippen molar-refractivity contribution in [1.29, 1.82) is 0 Å². The summed E-state index contributed by atoms with van der Waals surface area (Å²) >= 11 is 2.02. The Bertz CT molecular complexity index is 348. The largest absolute Gasteiger partial charge is 0.356 e. The van der Waals surface area contributed by atoms with Crippen molar-refractivity contribution >= 4 is 17.6 Å². The molecule has 16 heavy (non-hydrogen) atoms. The summed E-state index contributed by atoms with van der Waals surface area (Å²) < 4.78 is 0. The fourth-order valence-electron chi connectivity index (χ4n) is 1.92. The van der Waals surface area contributed by atoms with Gasteiger partial charge in [0.1, 0.15) is 5.82 Å². The highest BCUT2D eigenvalue weighted by Gasteiger charge is 2.21. The summed E-state index contributed by atoms with van der Waals surface area (Å²) in [7, 11) is 2.13. The monoisotopic (exact) mass is 237 g/mol. The summed E-state index contributed by atoms with van der Waals surface area (Å²) in [6.07, 6.45) is 3.11. The average molecular weight is 237 g/mol. The third kappa shape index (κ3) is 2.50. The number of anilines is 1. The molecule has 0 radical (unpaired) electrons. The van der Waals surface area contributed by atoms with Gasteiger partial charge in [0, 0.05) is 31.1 Å². The van der Waals surface area contributed by atoms with E-state index in [1.165, 1.54) is 17.9 Å². The quantitative estimate of drug-likeness (QED) is 0.873. The highest BCUT2D eigenvalue weighted by atomic mass is 32.2. The second kappa shape index (κ2) is 5.06. The summed E-state index contributed by atoms with van der Waals surface area (Å²) in [4.78, 5) is 6.71. The van der Waals surface area contributed by atoms with Crippen LogP contribution in [0, 0.1) is 0 Å². The van der Waals surface area contributed by atoms with Crippen molar-refractivity contribution in [2.24, 2.45) is 5.73 Å². The number of nitrogens with two attached hydrogens (primary N) is 1. The lowest BCUT2D eigenvalue weighted by atomic mass is 10.1. The van der Waals surface area contributed by atoms with E-state index in [4.69, 9.17) is 5.73 Å². The summed E-state index contributed by atoms with van der Waals surface area (Å²) in [5, 5.41) is 0. The molecule has 2 N–H and O–H groups in total. The molecule has 0 aromatic carbocycles. The number of rotatable bonds is 3. The van der Waals surface area contributed by atoms with Gasteiger partial charge in [-0.3, -0.25) is 0 Å². The first-order chi connectivity index (χ1) is 7.68. The highest BCUT2D eigenvalue weighted by molar-refractivity contribution is 7.99. The molecule has 2 atom stereocenters. The van der Waals surface area contributed by atoms with Crippen molar-refractivity contribution in [1.82, 2.24) is 4.98 Å². The summed E-state index contributed by atoms with van der Waals surface area (Å²) in [6, 6.07) is 4.80. The first kappa shape index (κ1) is 11.7. The van der Waals surface area contributed by atoms with E-state index in [1.54, 1.807) is 0 Å². The van der Waals surface area contributed by atoms with Gasteiger partial charge in [-0.25, -0.2) is 4.98 Å². The van der Waals surface area contributed by atoms with Gasteiger partial charge in [-0.15, -0.1) is 0 Å². The van der Waals surface area contributed by atoms with E-state index in [2.05, 4.69) is 23.0 Å². The maximum Gasteiger partial charge on any atom is 0.128 e. The molecule has 3 nitrogen and oxygen atoms in total. The third-order valence-electron chi connectivity index (χ3n) is 3.11. The average Bonchev–Trinajstić information content (AvgIpc) is 2.81. The van der Waals surface area contributed by atoms with Crippen molar-refractivity contribution in [3.05, 3.63) is 23.9 Å². The number of hydrogen-bond acceptors (Lipinski definition) is 4. The lowest BCUT2D eigenvalue weighted by Crippen LogP contribution is -2.32. The van der Waals surface area contributed by atoms with Crippen LogP contribution in [-0.4, -0.2) is 29.6 Å². The Labute approximate surface area is 101 Å². The van der Waals surface area contributed by atoms with Gasteiger partial charge in [0.05, 0.1) is 0 Å². The number of aromatic nitrogens is 1. The molecule has 1 aliphatic heterocycles. The molecule has 1 aliphatic rings. The van der Waals surface area contributed by atoms with Gasteiger partial charge in [-0.05, 0) is 36.8 Å². The third-order valence-corrected chi connectivity index (χ3v) is 4.25. The molecule has 0 amide bonds. The van der Waals surface area contributed by atoms with Gasteiger partial charge >= 0.3 is 0 Å². The van der Waals surface area contributed by atoms with Crippen LogP contribution in [0.3, 0.4) is 0 Å². The normalized spacial score (nSPS) is 22.1. The van der Waals surface area contributed by atoms with E-state index in [0.29, 0.717) is 6.04 Å². The second-order valence-corrected chi connectivity index (χ2v) is 5.51. The topological polar surface area (TPSA) is 42.1 Å². The number of hydrogen-bond donors (Lipinski definition) is 1. The van der Waals surface area contributed by atoms with Crippen molar-refractivity contribution < 1.29 is 0 Å². The van der Waals surface area contributed by atoms with Crippen LogP contribution in [0.2, 0.25) is 0 Å². The van der Waals surface area contributed by atoms with Gasteiger partial charge in [0.2, 0.25) is 0 Å². The van der Waals surface area contributed by atoms with Crippen LogP contribution >= 0.6 is 11.8 Å². The van der Waals surface area contributed by atoms with E-state index < -0.39 is 0 Å². The molecule has 0 aliphatic carbocycles. The minimum Gasteiger partial charge on any atom is -0.356 e. The minimum atomic E-state index is 0.0769. The molecule has 4 heteroatoms. The van der Waals surface area contributed by atoms with Crippen LogP contribution in [-0.2, 0) is 0 Å². The van der Waals surface area contributed by atoms with Crippen molar-refractivity contribution in [3.8, 4) is 0 Å². The smallest absolute Gasteiger partial charge is 0.128 e. The maximum atomic E-state index is 5.89. The van der Waals surface area contributed by atoms with Crippen LogP contribution < -0.4 is 10.6 Å². The fourth-order valence-corrected chi connectivity index (χ4v) is 3.19. The molecule has 1 fully saturated rings. The van der Waals surface area contributed by atoms with E-state index in [-0.39, 0.29) is 6.04 Å². The summed E-state index contributed by atoms with van der Waals surface area (Å²) in [5.74, 6) is 3.52. The zero-order valence-electron chi connectivity index (χ0n) is 9.89. The van der Waals surface area contributed by atoms with Crippen LogP contribution in [0.5, 0.6) is 0 Å². The van der Waals surface area contributed by atoms with Crippen LogP contribution in [0.1, 0.15) is 24.9 Å². The molecule has 1 aromatic heterocycles. The maximum absolute atomic E-state index is 5.89. The molecule has 2 unspecified atom stereocenters. The Morgan fingerprint density at radius 2 is 2.44 bits per heavy atom. The predicted octanol–water partition coefficient (Wildman–Crippen LogP) is 2.04. The Morgan fingerprint density at radius 1 is 1.62 bits per heavy atom. The molecule has 1 saturated heterocycles. The number of thioether (sulfide) groups is 1. The Hall–Kier alpha value is -0.740. The predicted molar refractivity (Wildman–Crippen MR) is 71.0 cm³/mol. The molecule has 1 aromatic rings. The van der Waals surface area contributed by atoms with E-state index in [1.807, 2.05) is 30.9 Å². The Morgan fingerprint density at radius 3 is 3.06 bits per heavy atom. The lowest BCUT2D eigenvalue weighted by Gasteiger charge is -2.25. The van der Waals surface area contributed by atoms with Gasteiger partial charge in [-0.2, -0.15) is 11.8 Å². The number of pyridine rings is 1. The zero-order valence-corrected chi connectivity index (χ0v) is 10.7. The first-order valence-electron chi connectivity index (χ1n) is 5.70. The second-order valence-electron chi connectivity index (χ2n) is 4.36. The summed E-state index contributed by atoms with van der Waals surface area (Å²) in [5.41, 5.74) is 7.04. The lowest BCUT2D eigenvalue weighted by molar-refractivity contribution is 0.689. The van der Waals surface area contributed by atoms with Crippen molar-refractivity contribution in [3.63, 3.8) is 0 Å². The Kier molecular flexibility index (Phi) is 3.71. The molecule has 0 bridgehead atoms. The molecule has 0 saturated carbocycles. The van der Waals surface area contributed by atoms with Gasteiger partial charge in [-0.1, -0.05) is 0 Å². The molecule has 0 spiro atoms. The van der Waals surface area contributed by atoms with Crippen molar-refractivity contribution in [2.45, 2.75) is 25.4 Å². The van der Waals surface area contributed by atoms with Crippen molar-refractivity contribution in [2.75, 3.05) is 23.5 Å². The Balaban J connectivity index is 2.15. The summed E-state index contributed by atoms with van der Waals surface area (Å²) in [6.45, 7) is 2.00. The molecule has 2 rings (SSSR count). The van der Waals surface area contributed by atoms with Crippen LogP contribution in [0.4, 0.5) is 5.82 Å². The first-order valence-corrected chi connectivity index (χ1v) is 6.86. The SMILES string of the molecule is CC(N)c1ccnc(N(C)C2CCSC2)c1. The fraction of sp³-hybridized carbons (Fsp3) is 0.583. The standard InChI is InChI=1S/C12H19N3S/c1-9(13)10-3-5-14-12(7-10)15(2)11-4-6-16-8-11/h3,5,7,9,11H,4,6,8,13H2,1-2H3. The van der Waals surface area contributed by atoms with E-state index in [0.717, 1.165) is 11.4 Å².